The molecule has 2 aromatic heterocycles. The van der Waals surface area contributed by atoms with E-state index in [2.05, 4.69) is 28.8 Å². The fraction of sp³-hybridized carbons (Fsp3) is 0.138. The van der Waals surface area contributed by atoms with Crippen LogP contribution in [0.25, 0.3) is 21.8 Å². The maximum Gasteiger partial charge on any atom is 0.331 e. The largest absolute Gasteiger partial charge is 0.341 e. The first kappa shape index (κ1) is 22.7. The number of thiophene rings is 1. The van der Waals surface area contributed by atoms with Crippen LogP contribution in [0.3, 0.4) is 0 Å². The maximum absolute atomic E-state index is 13.0. The van der Waals surface area contributed by atoms with E-state index >= 15 is 0 Å². The summed E-state index contributed by atoms with van der Waals surface area (Å²) in [4.78, 5) is 30.3. The van der Waals surface area contributed by atoms with Crippen molar-refractivity contribution < 1.29 is 14.4 Å². The molecule has 5 aromatic rings. The topological polar surface area (TPSA) is 60.7 Å². The van der Waals surface area contributed by atoms with Crippen LogP contribution in [0.2, 0.25) is 0 Å². The molecule has 0 aliphatic carbocycles. The zero-order valence-corrected chi connectivity index (χ0v) is 20.3. The minimum atomic E-state index is -0.462. The molecule has 0 radical (unpaired) electrons. The van der Waals surface area contributed by atoms with Crippen molar-refractivity contribution in [3.8, 4) is 0 Å². The highest BCUT2D eigenvalue weighted by molar-refractivity contribution is 7.12. The van der Waals surface area contributed by atoms with Crippen molar-refractivity contribution in [3.05, 3.63) is 106 Å². The lowest BCUT2D eigenvalue weighted by atomic mass is 9.99. The van der Waals surface area contributed by atoms with Crippen LogP contribution in [0.5, 0.6) is 0 Å². The number of carbonyl (C=O) groups excluding carboxylic acids is 2. The first-order chi connectivity index (χ1) is 17.0. The number of nitrogens with zero attached hydrogens (tertiary/aromatic N) is 2. The molecule has 5 rings (SSSR count). The Hall–Kier alpha value is -4.03. The van der Waals surface area contributed by atoms with E-state index in [4.69, 9.17) is 4.84 Å². The van der Waals surface area contributed by atoms with Gasteiger partial charge >= 0.3 is 5.97 Å². The van der Waals surface area contributed by atoms with Crippen LogP contribution >= 0.6 is 11.3 Å². The third-order valence-electron chi connectivity index (χ3n) is 6.02. The number of benzene rings is 3. The van der Waals surface area contributed by atoms with Gasteiger partial charge in [0.25, 0.3) is 0 Å². The van der Waals surface area contributed by atoms with E-state index in [1.54, 1.807) is 0 Å². The summed E-state index contributed by atoms with van der Waals surface area (Å²) in [6, 6.07) is 25.8. The molecule has 2 heterocycles. The van der Waals surface area contributed by atoms with E-state index in [9.17, 15) is 9.59 Å². The lowest BCUT2D eigenvalue weighted by Gasteiger charge is -2.08. The Bertz CT molecular complexity index is 1560. The molecule has 0 aliphatic heterocycles. The summed E-state index contributed by atoms with van der Waals surface area (Å²) in [5.41, 5.74) is 5.42. The molecule has 6 heteroatoms. The third-order valence-corrected chi connectivity index (χ3v) is 6.89. The van der Waals surface area contributed by atoms with E-state index in [1.807, 2.05) is 72.1 Å². The molecule has 0 spiro atoms. The van der Waals surface area contributed by atoms with E-state index in [-0.39, 0.29) is 5.78 Å². The molecule has 3 aromatic carbocycles. The number of ketones is 1. The molecule has 0 fully saturated rings. The number of aromatic nitrogens is 1. The molecular weight excluding hydrogens is 456 g/mol. The van der Waals surface area contributed by atoms with Gasteiger partial charge in [-0.05, 0) is 54.3 Å². The van der Waals surface area contributed by atoms with E-state index in [0.717, 1.165) is 44.4 Å². The van der Waals surface area contributed by atoms with Gasteiger partial charge in [-0.3, -0.25) is 4.79 Å². The van der Waals surface area contributed by atoms with Crippen LogP contribution in [-0.2, 0) is 22.6 Å². The maximum atomic E-state index is 13.0. The minimum absolute atomic E-state index is 0.0247. The molecule has 0 atom stereocenters. The van der Waals surface area contributed by atoms with Gasteiger partial charge in [0.1, 0.15) is 0 Å². The number of rotatable bonds is 7. The molecule has 0 saturated carbocycles. The summed E-state index contributed by atoms with van der Waals surface area (Å²) >= 11 is 1.45. The number of hydrogen-bond donors (Lipinski definition) is 0. The number of carbonyl (C=O) groups is 2. The zero-order chi connectivity index (χ0) is 24.4. The highest BCUT2D eigenvalue weighted by Gasteiger charge is 2.17. The Morgan fingerprint density at radius 3 is 2.20 bits per heavy atom. The molecule has 174 valence electrons. The van der Waals surface area contributed by atoms with Crippen molar-refractivity contribution in [2.75, 3.05) is 0 Å². The Labute approximate surface area is 207 Å². The molecule has 0 amide bonds. The van der Waals surface area contributed by atoms with E-state index < -0.39 is 5.97 Å². The van der Waals surface area contributed by atoms with Crippen LogP contribution < -0.4 is 0 Å². The van der Waals surface area contributed by atoms with Gasteiger partial charge < -0.3 is 9.40 Å². The molecule has 35 heavy (non-hydrogen) atoms. The molecule has 5 nitrogen and oxygen atoms in total. The van der Waals surface area contributed by atoms with Crippen molar-refractivity contribution in [3.63, 3.8) is 0 Å². The fourth-order valence-electron chi connectivity index (χ4n) is 4.41. The smallest absolute Gasteiger partial charge is 0.331 e. The van der Waals surface area contributed by atoms with Crippen LogP contribution in [-0.4, -0.2) is 22.0 Å². The molecule has 0 bridgehead atoms. The molecular formula is C29H24N2O3S. The average molecular weight is 481 g/mol. The Balaban J connectivity index is 1.65. The second-order valence-corrected chi connectivity index (χ2v) is 9.25. The SMILES string of the molecule is CCn1c2ccc(C(=O)c3cccs3)cc2c2cc(C(Cc3ccccc3)=NOC(C)=O)ccc21. The van der Waals surface area contributed by atoms with Crippen LogP contribution in [0.4, 0.5) is 0 Å². The molecule has 0 N–H and O–H groups in total. The number of fused-ring (bicyclic) bond motifs is 3. The summed E-state index contributed by atoms with van der Waals surface area (Å²) in [6.45, 7) is 4.25. The first-order valence-corrected chi connectivity index (χ1v) is 12.4. The van der Waals surface area contributed by atoms with Gasteiger partial charge in [0.2, 0.25) is 5.78 Å². The first-order valence-electron chi connectivity index (χ1n) is 11.5. The summed E-state index contributed by atoms with van der Waals surface area (Å²) in [5, 5.41) is 8.15. The van der Waals surface area contributed by atoms with Gasteiger partial charge in [0, 0.05) is 52.8 Å². The number of oxime groups is 1. The highest BCUT2D eigenvalue weighted by atomic mass is 32.1. The summed E-state index contributed by atoms with van der Waals surface area (Å²) in [5.74, 6) is -0.437. The number of hydrogen-bond acceptors (Lipinski definition) is 5. The average Bonchev–Trinajstić information content (AvgIpc) is 3.52. The van der Waals surface area contributed by atoms with Crippen LogP contribution in [0, 0.1) is 0 Å². The van der Waals surface area contributed by atoms with E-state index in [0.29, 0.717) is 17.7 Å². The molecule has 0 saturated heterocycles. The van der Waals surface area contributed by atoms with Gasteiger partial charge in [-0.2, -0.15) is 0 Å². The van der Waals surface area contributed by atoms with Crippen LogP contribution in [0.1, 0.15) is 40.2 Å². The highest BCUT2D eigenvalue weighted by Crippen LogP contribution is 2.32. The Morgan fingerprint density at radius 1 is 0.886 bits per heavy atom. The normalized spacial score (nSPS) is 11.8. The second-order valence-electron chi connectivity index (χ2n) is 8.30. The lowest BCUT2D eigenvalue weighted by Crippen LogP contribution is -2.08. The number of aryl methyl sites for hydroxylation is 1. The van der Waals surface area contributed by atoms with Crippen molar-refractivity contribution in [2.24, 2.45) is 5.16 Å². The standard InChI is InChI=1S/C29H24N2O3S/c1-3-31-26-13-11-21(25(30-34-19(2)32)16-20-8-5-4-6-9-20)17-23(26)24-18-22(12-14-27(24)31)29(33)28-10-7-15-35-28/h4-15,17-18H,3,16H2,1-2H3. The summed E-state index contributed by atoms with van der Waals surface area (Å²) in [7, 11) is 0. The van der Waals surface area contributed by atoms with Crippen molar-refractivity contribution >= 4 is 50.6 Å². The molecule has 0 aliphatic rings. The molecule has 0 unspecified atom stereocenters. The second kappa shape index (κ2) is 9.68. The minimum Gasteiger partial charge on any atom is -0.341 e. The predicted octanol–water partition coefficient (Wildman–Crippen LogP) is 6.62. The zero-order valence-electron chi connectivity index (χ0n) is 19.5. The summed E-state index contributed by atoms with van der Waals surface area (Å²) < 4.78 is 2.24. The van der Waals surface area contributed by atoms with Gasteiger partial charge in [-0.25, -0.2) is 4.79 Å². The quantitative estimate of drug-likeness (QED) is 0.114. The van der Waals surface area contributed by atoms with E-state index in [1.165, 1.54) is 18.3 Å². The Kier molecular flexibility index (Phi) is 6.29. The lowest BCUT2D eigenvalue weighted by molar-refractivity contribution is -0.140. The third kappa shape index (κ3) is 4.53. The van der Waals surface area contributed by atoms with Gasteiger partial charge in [0.15, 0.2) is 0 Å². The Morgan fingerprint density at radius 2 is 1.57 bits per heavy atom. The summed E-state index contributed by atoms with van der Waals surface area (Å²) in [6.07, 6.45) is 0.522. The predicted molar refractivity (Wildman–Crippen MR) is 141 cm³/mol. The van der Waals surface area contributed by atoms with Gasteiger partial charge in [0.05, 0.1) is 10.6 Å². The van der Waals surface area contributed by atoms with Gasteiger partial charge in [-0.1, -0.05) is 47.6 Å². The monoisotopic (exact) mass is 480 g/mol. The van der Waals surface area contributed by atoms with Crippen molar-refractivity contribution in [1.82, 2.24) is 4.57 Å². The van der Waals surface area contributed by atoms with Crippen LogP contribution in [0.15, 0.2) is 89.4 Å². The fourth-order valence-corrected chi connectivity index (χ4v) is 5.10. The van der Waals surface area contributed by atoms with Crippen molar-refractivity contribution in [2.45, 2.75) is 26.8 Å². The van der Waals surface area contributed by atoms with Crippen molar-refractivity contribution in [1.29, 1.82) is 0 Å². The van der Waals surface area contributed by atoms with Gasteiger partial charge in [-0.15, -0.1) is 11.3 Å².